The van der Waals surface area contributed by atoms with Crippen LogP contribution in [0, 0.1) is 0 Å². The van der Waals surface area contributed by atoms with Gasteiger partial charge >= 0.3 is 0 Å². The van der Waals surface area contributed by atoms with Crippen LogP contribution >= 0.6 is 0 Å². The molecule has 0 fully saturated rings. The third kappa shape index (κ3) is 1.89. The van der Waals surface area contributed by atoms with Gasteiger partial charge in [0.1, 0.15) is 5.69 Å². The van der Waals surface area contributed by atoms with Crippen LogP contribution in [0.3, 0.4) is 0 Å². The van der Waals surface area contributed by atoms with Gasteiger partial charge in [-0.15, -0.1) is 5.10 Å². The lowest BCUT2D eigenvalue weighted by Crippen LogP contribution is -2.29. The molecule has 2 aromatic heterocycles. The molecule has 2 rings (SSSR count). The van der Waals surface area contributed by atoms with Gasteiger partial charge in [-0.2, -0.15) is 5.10 Å². The van der Waals surface area contributed by atoms with Crippen LogP contribution in [0.2, 0.25) is 0 Å². The van der Waals surface area contributed by atoms with Crippen molar-refractivity contribution in [2.75, 3.05) is 0 Å². The summed E-state index contributed by atoms with van der Waals surface area (Å²) in [6.45, 7) is 3.78. The van der Waals surface area contributed by atoms with Crippen molar-refractivity contribution >= 4 is 0 Å². The third-order valence-electron chi connectivity index (χ3n) is 2.09. The lowest BCUT2D eigenvalue weighted by molar-refractivity contribution is 0.533. The summed E-state index contributed by atoms with van der Waals surface area (Å²) in [5.41, 5.74) is 6.18. The molecule has 0 aliphatic carbocycles. The van der Waals surface area contributed by atoms with E-state index >= 15 is 0 Å². The lowest BCUT2D eigenvalue weighted by atomic mass is 10.0. The molecule has 2 aromatic rings. The second kappa shape index (κ2) is 3.16. The number of aromatic nitrogens is 5. The predicted molar refractivity (Wildman–Crippen MR) is 55.3 cm³/mol. The van der Waals surface area contributed by atoms with E-state index in [9.17, 15) is 0 Å². The van der Waals surface area contributed by atoms with Crippen LogP contribution in [0.25, 0.3) is 5.82 Å². The van der Waals surface area contributed by atoms with E-state index in [4.69, 9.17) is 5.73 Å². The molecule has 80 valence electrons. The van der Waals surface area contributed by atoms with Gasteiger partial charge in [0.25, 0.3) is 0 Å². The smallest absolute Gasteiger partial charge is 0.176 e. The fourth-order valence-electron chi connectivity index (χ4n) is 1.20. The van der Waals surface area contributed by atoms with E-state index in [2.05, 4.69) is 15.4 Å². The quantitative estimate of drug-likeness (QED) is 0.761. The average molecular weight is 206 g/mol. The Hall–Kier alpha value is -1.69. The van der Waals surface area contributed by atoms with Gasteiger partial charge in [0.2, 0.25) is 0 Å². The van der Waals surface area contributed by atoms with Crippen molar-refractivity contribution < 1.29 is 0 Å². The summed E-state index contributed by atoms with van der Waals surface area (Å²) in [5, 5.41) is 12.2. The van der Waals surface area contributed by atoms with Gasteiger partial charge in [0.05, 0.1) is 11.7 Å². The van der Waals surface area contributed by atoms with E-state index in [0.29, 0.717) is 0 Å². The molecule has 0 aromatic carbocycles. The van der Waals surface area contributed by atoms with Crippen molar-refractivity contribution in [1.29, 1.82) is 0 Å². The van der Waals surface area contributed by atoms with Crippen LogP contribution in [-0.2, 0) is 12.6 Å². The van der Waals surface area contributed by atoms with Gasteiger partial charge in [0.15, 0.2) is 5.82 Å². The minimum Gasteiger partial charge on any atom is -0.320 e. The number of nitrogens with zero attached hydrogens (tertiary/aromatic N) is 5. The van der Waals surface area contributed by atoms with Crippen LogP contribution in [0.15, 0.2) is 18.5 Å². The Balaban J connectivity index is 2.36. The monoisotopic (exact) mass is 206 g/mol. The third-order valence-corrected chi connectivity index (χ3v) is 2.09. The first-order valence-electron chi connectivity index (χ1n) is 4.68. The summed E-state index contributed by atoms with van der Waals surface area (Å²) >= 11 is 0. The van der Waals surface area contributed by atoms with Gasteiger partial charge < -0.3 is 5.73 Å². The van der Waals surface area contributed by atoms with Crippen LogP contribution in [0.5, 0.6) is 0 Å². The van der Waals surface area contributed by atoms with E-state index in [-0.39, 0.29) is 0 Å². The van der Waals surface area contributed by atoms with E-state index in [1.165, 1.54) is 0 Å². The van der Waals surface area contributed by atoms with E-state index in [1.807, 2.05) is 33.2 Å². The first kappa shape index (κ1) is 9.85. The van der Waals surface area contributed by atoms with Gasteiger partial charge in [-0.3, -0.25) is 4.68 Å². The van der Waals surface area contributed by atoms with Crippen molar-refractivity contribution in [3.8, 4) is 5.82 Å². The highest BCUT2D eigenvalue weighted by atomic mass is 15.5. The normalized spacial score (nSPS) is 12.0. The average Bonchev–Trinajstić information content (AvgIpc) is 2.69. The Morgan fingerprint density at radius 3 is 2.60 bits per heavy atom. The summed E-state index contributed by atoms with van der Waals surface area (Å²) in [5.74, 6) is 0.737. The maximum atomic E-state index is 5.91. The highest BCUT2D eigenvalue weighted by Gasteiger charge is 2.18. The Morgan fingerprint density at radius 2 is 2.13 bits per heavy atom. The zero-order valence-electron chi connectivity index (χ0n) is 9.05. The highest BCUT2D eigenvalue weighted by Crippen LogP contribution is 2.13. The first-order valence-corrected chi connectivity index (χ1v) is 4.68. The number of nitrogens with two attached hydrogens (primary N) is 1. The predicted octanol–water partition coefficient (Wildman–Crippen LogP) is 0.195. The SMILES string of the molecule is Cn1ccc(-n2cc(C(C)(C)N)nn2)n1. The molecule has 0 aliphatic rings. The zero-order chi connectivity index (χ0) is 11.1. The first-order chi connectivity index (χ1) is 6.97. The van der Waals surface area contributed by atoms with E-state index < -0.39 is 5.54 Å². The van der Waals surface area contributed by atoms with Crippen molar-refractivity contribution in [2.45, 2.75) is 19.4 Å². The second-order valence-electron chi connectivity index (χ2n) is 4.12. The standard InChI is InChI=1S/C9H14N6/c1-9(2,10)7-6-15(13-11-7)8-4-5-14(3)12-8/h4-6H,10H2,1-3H3. The minimum atomic E-state index is -0.479. The fraction of sp³-hybridized carbons (Fsp3) is 0.444. The number of hydrogen-bond donors (Lipinski definition) is 1. The maximum Gasteiger partial charge on any atom is 0.176 e. The summed E-state index contributed by atoms with van der Waals surface area (Å²) < 4.78 is 3.33. The Kier molecular flexibility index (Phi) is 2.08. The molecule has 2 heterocycles. The molecular formula is C9H14N6. The molecule has 0 unspecified atom stereocenters. The van der Waals surface area contributed by atoms with Crippen LogP contribution in [-0.4, -0.2) is 24.8 Å². The largest absolute Gasteiger partial charge is 0.320 e. The van der Waals surface area contributed by atoms with Crippen molar-refractivity contribution in [1.82, 2.24) is 24.8 Å². The minimum absolute atomic E-state index is 0.479. The Labute approximate surface area is 87.7 Å². The summed E-state index contributed by atoms with van der Waals surface area (Å²) in [6.07, 6.45) is 3.65. The fourth-order valence-corrected chi connectivity index (χ4v) is 1.20. The molecule has 0 amide bonds. The van der Waals surface area contributed by atoms with Gasteiger partial charge in [-0.25, -0.2) is 4.68 Å². The molecule has 0 bridgehead atoms. The van der Waals surface area contributed by atoms with E-state index in [0.717, 1.165) is 11.5 Å². The maximum absolute atomic E-state index is 5.91. The highest BCUT2D eigenvalue weighted by molar-refractivity contribution is 5.19. The van der Waals surface area contributed by atoms with Crippen LogP contribution in [0.4, 0.5) is 0 Å². The Morgan fingerprint density at radius 1 is 1.40 bits per heavy atom. The lowest BCUT2D eigenvalue weighted by Gasteiger charge is -2.13. The van der Waals surface area contributed by atoms with Gasteiger partial charge in [-0.1, -0.05) is 5.21 Å². The molecular weight excluding hydrogens is 192 g/mol. The van der Waals surface area contributed by atoms with Crippen molar-refractivity contribution in [3.63, 3.8) is 0 Å². The molecule has 0 saturated heterocycles. The zero-order valence-corrected chi connectivity index (χ0v) is 9.05. The molecule has 6 nitrogen and oxygen atoms in total. The van der Waals surface area contributed by atoms with Crippen molar-refractivity contribution in [3.05, 3.63) is 24.2 Å². The molecule has 15 heavy (non-hydrogen) atoms. The summed E-state index contributed by atoms with van der Waals surface area (Å²) in [4.78, 5) is 0. The van der Waals surface area contributed by atoms with Gasteiger partial charge in [0, 0.05) is 19.3 Å². The molecule has 0 spiro atoms. The van der Waals surface area contributed by atoms with Crippen LogP contribution < -0.4 is 5.73 Å². The molecule has 6 heteroatoms. The molecule has 2 N–H and O–H groups in total. The molecule has 0 saturated carbocycles. The molecule has 0 atom stereocenters. The number of hydrogen-bond acceptors (Lipinski definition) is 4. The summed E-state index contributed by atoms with van der Waals surface area (Å²) in [6, 6.07) is 1.86. The Bertz CT molecular complexity index is 461. The van der Waals surface area contributed by atoms with E-state index in [1.54, 1.807) is 15.6 Å². The van der Waals surface area contributed by atoms with Gasteiger partial charge in [-0.05, 0) is 13.8 Å². The number of rotatable bonds is 2. The second-order valence-corrected chi connectivity index (χ2v) is 4.12. The van der Waals surface area contributed by atoms with Crippen molar-refractivity contribution in [2.24, 2.45) is 12.8 Å². The van der Waals surface area contributed by atoms with Crippen LogP contribution in [0.1, 0.15) is 19.5 Å². The number of aryl methyl sites for hydroxylation is 1. The summed E-state index contributed by atoms with van der Waals surface area (Å²) in [7, 11) is 1.86. The molecule has 0 radical (unpaired) electrons. The molecule has 0 aliphatic heterocycles. The topological polar surface area (TPSA) is 74.5 Å².